The molecule has 7 heteroatoms. The van der Waals surface area contributed by atoms with Crippen molar-refractivity contribution in [3.63, 3.8) is 0 Å². The summed E-state index contributed by atoms with van der Waals surface area (Å²) in [5.41, 5.74) is 14.7. The Balaban J connectivity index is 0.000000249. The van der Waals surface area contributed by atoms with Crippen molar-refractivity contribution in [2.45, 2.75) is 279 Å². The summed E-state index contributed by atoms with van der Waals surface area (Å²) in [6.07, 6.45) is 50.8. The molecule has 0 unspecified atom stereocenters. The SMILES string of the molecule is C1CCC([PH+](C2CCCCC2)C2CCCCC2)CC1.C1CCC([PH+](C2CCCCC2)C2CCCCC2)CC1.CCCc1cccc(C(C)C)c1[N]=[Mo].[CH-]=C(C)Cc1ccccc1.[CH3-].[CH3-].[Cl][Ru]([Cl])=[CH]c1ccccc1. The van der Waals surface area contributed by atoms with Crippen molar-refractivity contribution in [1.82, 2.24) is 0 Å². The van der Waals surface area contributed by atoms with E-state index in [1.807, 2.05) is 79.7 Å². The van der Waals surface area contributed by atoms with Crippen LogP contribution in [0.15, 0.2) is 87.9 Å². The van der Waals surface area contributed by atoms with Gasteiger partial charge in [0.1, 0.15) is 0 Å². The summed E-state index contributed by atoms with van der Waals surface area (Å²) >= 11 is 0.203. The number of rotatable bonds is 13. The Morgan fingerprint density at radius 1 is 0.554 bits per heavy atom. The summed E-state index contributed by atoms with van der Waals surface area (Å²) in [6, 6.07) is 26.6. The third-order valence-corrected chi connectivity index (χ3v) is 28.6. The van der Waals surface area contributed by atoms with Gasteiger partial charge in [-0.15, -0.1) is 0 Å². The van der Waals surface area contributed by atoms with Crippen LogP contribution < -0.4 is 0 Å². The Labute approximate surface area is 485 Å². The van der Waals surface area contributed by atoms with E-state index in [0.29, 0.717) is 5.92 Å². The summed E-state index contributed by atoms with van der Waals surface area (Å²) in [6.45, 7) is 14.1. The van der Waals surface area contributed by atoms with Crippen LogP contribution in [0, 0.1) is 21.4 Å². The zero-order chi connectivity index (χ0) is 51.2. The standard InChI is InChI=1S/2C18H33P.C12H17N.C10H11.C7H6.2CH3.2ClH.Mo.Ru/c2*1-4-10-16(11-5-1)19(17-12-6-2-7-13-17)18-14-8-3-9-15-18;1-4-6-10-7-5-8-11(9(2)3)12(10)13;1-9(2)8-10-6-4-3-5-7-10;1-7-5-3-2-4-6-7;;;;;;/h2*16-18H,1-15H2;5,7-9H,4,6H2,1-3H3;1,3-7H,8H2,2H3;1-6H;2*1H3;2*1H;;/q;;;-1;;2*-1;;;;+2. The summed E-state index contributed by atoms with van der Waals surface area (Å²) < 4.78 is 6.34. The van der Waals surface area contributed by atoms with Gasteiger partial charge >= 0.3 is 171 Å². The number of benzene rings is 3. The van der Waals surface area contributed by atoms with Crippen molar-refractivity contribution in [2.75, 3.05) is 0 Å². The van der Waals surface area contributed by atoms with Gasteiger partial charge in [-0.1, -0.05) is 75.8 Å². The summed E-state index contributed by atoms with van der Waals surface area (Å²) in [5.74, 6) is 0.562. The first-order valence-electron chi connectivity index (χ1n) is 29.9. The van der Waals surface area contributed by atoms with Crippen LogP contribution >= 0.6 is 35.2 Å². The van der Waals surface area contributed by atoms with Gasteiger partial charge in [0, 0.05) is 15.8 Å². The summed E-state index contributed by atoms with van der Waals surface area (Å²) in [5, 5.41) is 0. The molecule has 6 aliphatic carbocycles. The Morgan fingerprint density at radius 3 is 1.18 bits per heavy atom. The molecule has 74 heavy (non-hydrogen) atoms. The van der Waals surface area contributed by atoms with Crippen molar-refractivity contribution in [3.8, 4) is 0 Å². The van der Waals surface area contributed by atoms with Crippen LogP contribution in [0.5, 0.6) is 0 Å². The van der Waals surface area contributed by atoms with Crippen molar-refractivity contribution < 1.29 is 33.1 Å². The van der Waals surface area contributed by atoms with Crippen LogP contribution in [0.4, 0.5) is 5.69 Å². The fraction of sp³-hybridized carbons (Fsp3) is 0.657. The fourth-order valence-electron chi connectivity index (χ4n) is 13.8. The number of allylic oxidation sites excluding steroid dienone is 1. The van der Waals surface area contributed by atoms with Gasteiger partial charge in [-0.2, -0.15) is 0 Å². The van der Waals surface area contributed by atoms with E-state index in [4.69, 9.17) is 26.0 Å². The molecule has 9 rings (SSSR count). The third kappa shape index (κ3) is 25.5. The average Bonchev–Trinajstić information content (AvgIpc) is 3.42. The van der Waals surface area contributed by atoms with Crippen molar-refractivity contribution in [2.24, 2.45) is 3.50 Å². The van der Waals surface area contributed by atoms with E-state index >= 15 is 0 Å². The number of aryl methyl sites for hydroxylation is 1. The molecule has 0 saturated heterocycles. The molecular weight excluding hydrogens is 1150 g/mol. The molecule has 0 aromatic heterocycles. The quantitative estimate of drug-likeness (QED) is 0.0919. The van der Waals surface area contributed by atoms with Crippen LogP contribution in [-0.2, 0) is 46.0 Å². The average molecular weight is 1260 g/mol. The second-order valence-electron chi connectivity index (χ2n) is 23.1. The normalized spacial score (nSPS) is 19.6. The molecule has 6 aliphatic rings. The molecule has 420 valence electrons. The predicted octanol–water partition coefficient (Wildman–Crippen LogP) is 22.8. The van der Waals surface area contributed by atoms with Crippen molar-refractivity contribution in [3.05, 3.63) is 128 Å². The van der Waals surface area contributed by atoms with E-state index in [2.05, 4.69) is 54.6 Å². The van der Waals surface area contributed by atoms with Crippen LogP contribution in [0.3, 0.4) is 0 Å². The third-order valence-electron chi connectivity index (χ3n) is 17.2. The van der Waals surface area contributed by atoms with E-state index in [1.165, 1.54) is 62.8 Å². The molecule has 0 bridgehead atoms. The molecule has 3 aromatic rings. The van der Waals surface area contributed by atoms with Gasteiger partial charge < -0.3 is 21.4 Å². The molecule has 0 radical (unpaired) electrons. The maximum atomic E-state index is 5.67. The number of halogens is 2. The number of nitrogens with zero attached hydrogens (tertiary/aromatic N) is 1. The molecule has 1 nitrogen and oxygen atoms in total. The Morgan fingerprint density at radius 2 is 0.892 bits per heavy atom. The second-order valence-corrected chi connectivity index (χ2v) is 36.2. The summed E-state index contributed by atoms with van der Waals surface area (Å²) in [7, 11) is 11.2. The first-order chi connectivity index (χ1) is 35.2. The zero-order valence-corrected chi connectivity index (χ0v) is 55.3. The van der Waals surface area contributed by atoms with Gasteiger partial charge in [-0.05, 0) is 166 Å². The minimum atomic E-state index is -1.61. The van der Waals surface area contributed by atoms with Gasteiger partial charge in [0.05, 0.1) is 34.0 Å². The second kappa shape index (κ2) is 40.9. The van der Waals surface area contributed by atoms with E-state index in [9.17, 15) is 0 Å². The first-order valence-corrected chi connectivity index (χ1v) is 39.7. The molecule has 0 atom stereocenters. The molecule has 6 saturated carbocycles. The van der Waals surface area contributed by atoms with E-state index < -0.39 is 13.5 Å². The Kier molecular flexibility index (Phi) is 37.6. The molecule has 0 spiro atoms. The molecule has 0 heterocycles. The number of hydrogen-bond acceptors (Lipinski definition) is 1. The molecule has 0 aliphatic heterocycles. The Bertz CT molecular complexity index is 1760. The molecule has 0 amide bonds. The van der Waals surface area contributed by atoms with E-state index in [1.54, 1.807) is 193 Å². The van der Waals surface area contributed by atoms with Crippen LogP contribution in [0.2, 0.25) is 0 Å². The fourth-order valence-corrected chi connectivity index (χ4v) is 26.6. The Hall–Kier alpha value is -0.178. The number of hydrogen-bond donors (Lipinski definition) is 0. The van der Waals surface area contributed by atoms with Crippen molar-refractivity contribution >= 4 is 45.5 Å². The zero-order valence-electron chi connectivity index (χ0n) is 48.0. The monoisotopic (exact) mass is 1260 g/mol. The van der Waals surface area contributed by atoms with Gasteiger partial charge in [0.25, 0.3) is 0 Å². The first kappa shape index (κ1) is 68.1. The molecule has 0 N–H and O–H groups in total. The van der Waals surface area contributed by atoms with Crippen LogP contribution in [0.1, 0.15) is 255 Å². The molecular formula is C67H108Cl2MoNP2Ru-. The summed E-state index contributed by atoms with van der Waals surface area (Å²) in [4.78, 5) is 0. The minimum absolute atomic E-state index is 0. The van der Waals surface area contributed by atoms with E-state index in [-0.39, 0.29) is 30.7 Å². The molecule has 3 aromatic carbocycles. The van der Waals surface area contributed by atoms with Gasteiger partial charge in [0.15, 0.2) is 0 Å². The van der Waals surface area contributed by atoms with E-state index in [0.717, 1.165) is 24.0 Å². The van der Waals surface area contributed by atoms with Gasteiger partial charge in [0.2, 0.25) is 0 Å². The van der Waals surface area contributed by atoms with Crippen molar-refractivity contribution in [1.29, 1.82) is 0 Å². The van der Waals surface area contributed by atoms with Gasteiger partial charge in [-0.3, -0.25) is 5.57 Å². The maximum absolute atomic E-state index is 5.67. The van der Waals surface area contributed by atoms with Crippen LogP contribution in [-0.4, -0.2) is 38.6 Å². The van der Waals surface area contributed by atoms with Gasteiger partial charge in [-0.25, -0.2) is 0 Å². The topological polar surface area (TPSA) is 12.4 Å². The van der Waals surface area contributed by atoms with Crippen LogP contribution in [0.25, 0.3) is 0 Å². The predicted molar refractivity (Wildman–Crippen MR) is 334 cm³/mol. The molecule has 6 fully saturated rings.